The first-order valence-corrected chi connectivity index (χ1v) is 7.99. The molecule has 3 N–H and O–H groups in total. The van der Waals surface area contributed by atoms with Crippen LogP contribution in [0.3, 0.4) is 0 Å². The van der Waals surface area contributed by atoms with Crippen LogP contribution in [0.2, 0.25) is 0 Å². The van der Waals surface area contributed by atoms with Gasteiger partial charge in [0.25, 0.3) is 11.8 Å². The fourth-order valence-electron chi connectivity index (χ4n) is 2.19. The first-order chi connectivity index (χ1) is 12.4. The van der Waals surface area contributed by atoms with Crippen molar-refractivity contribution in [3.05, 3.63) is 59.7 Å². The molecular formula is C19H21N3O4. The van der Waals surface area contributed by atoms with Gasteiger partial charge >= 0.3 is 0 Å². The number of carbonyl (C=O) groups excluding carboxylic acids is 3. The van der Waals surface area contributed by atoms with Gasteiger partial charge in [0.05, 0.1) is 12.1 Å². The molecule has 0 fully saturated rings. The van der Waals surface area contributed by atoms with Crippen LogP contribution in [0.5, 0.6) is 5.75 Å². The number of nitrogens with one attached hydrogen (secondary N) is 1. The summed E-state index contributed by atoms with van der Waals surface area (Å²) in [6.07, 6.45) is 0. The number of aryl methyl sites for hydroxylation is 1. The van der Waals surface area contributed by atoms with Gasteiger partial charge in [-0.05, 0) is 31.2 Å². The SMILES string of the molecule is Cc1ccc(NC(=O)CN(C)C(=O)COc2ccccc2C(N)=O)cc1. The molecule has 0 aromatic heterocycles. The molecule has 0 aliphatic heterocycles. The first kappa shape index (κ1) is 19.0. The summed E-state index contributed by atoms with van der Waals surface area (Å²) in [4.78, 5) is 36.7. The summed E-state index contributed by atoms with van der Waals surface area (Å²) in [6, 6.07) is 13.7. The summed E-state index contributed by atoms with van der Waals surface area (Å²) >= 11 is 0. The summed E-state index contributed by atoms with van der Waals surface area (Å²) in [5.41, 5.74) is 7.20. The van der Waals surface area contributed by atoms with E-state index in [1.54, 1.807) is 30.3 Å². The van der Waals surface area contributed by atoms with Gasteiger partial charge < -0.3 is 20.7 Å². The molecule has 2 rings (SSSR count). The molecule has 3 amide bonds. The Morgan fingerprint density at radius 1 is 1.08 bits per heavy atom. The van der Waals surface area contributed by atoms with E-state index in [0.29, 0.717) is 5.69 Å². The number of anilines is 1. The van der Waals surface area contributed by atoms with Crippen LogP contribution in [0.1, 0.15) is 15.9 Å². The monoisotopic (exact) mass is 355 g/mol. The van der Waals surface area contributed by atoms with E-state index < -0.39 is 11.8 Å². The summed E-state index contributed by atoms with van der Waals surface area (Å²) in [6.45, 7) is 1.53. The highest BCUT2D eigenvalue weighted by Crippen LogP contribution is 2.17. The molecule has 2 aromatic carbocycles. The van der Waals surface area contributed by atoms with Gasteiger partial charge in [0, 0.05) is 12.7 Å². The molecule has 0 heterocycles. The molecule has 0 unspecified atom stereocenters. The number of ether oxygens (including phenoxy) is 1. The number of nitrogens with zero attached hydrogens (tertiary/aromatic N) is 1. The van der Waals surface area contributed by atoms with Crippen molar-refractivity contribution in [2.24, 2.45) is 5.73 Å². The second-order valence-corrected chi connectivity index (χ2v) is 5.81. The van der Waals surface area contributed by atoms with Gasteiger partial charge in [0.15, 0.2) is 6.61 Å². The van der Waals surface area contributed by atoms with Crippen molar-refractivity contribution in [2.75, 3.05) is 25.5 Å². The maximum Gasteiger partial charge on any atom is 0.260 e. The van der Waals surface area contributed by atoms with Crippen molar-refractivity contribution in [3.8, 4) is 5.75 Å². The minimum absolute atomic E-state index is 0.118. The predicted molar refractivity (Wildman–Crippen MR) is 97.9 cm³/mol. The molecule has 7 nitrogen and oxygen atoms in total. The number of para-hydroxylation sites is 1. The summed E-state index contributed by atoms with van der Waals surface area (Å²) in [7, 11) is 1.50. The van der Waals surface area contributed by atoms with E-state index in [1.165, 1.54) is 18.0 Å². The zero-order chi connectivity index (χ0) is 19.1. The van der Waals surface area contributed by atoms with E-state index >= 15 is 0 Å². The standard InChI is InChI=1S/C19H21N3O4/c1-13-7-9-14(10-8-13)21-17(23)11-22(2)18(24)12-26-16-6-4-3-5-15(16)19(20)25/h3-10H,11-12H2,1-2H3,(H2,20,25)(H,21,23). The molecule has 0 atom stereocenters. The molecule has 0 radical (unpaired) electrons. The zero-order valence-electron chi connectivity index (χ0n) is 14.7. The summed E-state index contributed by atoms with van der Waals surface area (Å²) in [5.74, 6) is -1.13. The molecule has 0 saturated carbocycles. The molecule has 0 saturated heterocycles. The van der Waals surface area contributed by atoms with Crippen LogP contribution in [0, 0.1) is 6.92 Å². The highest BCUT2D eigenvalue weighted by Gasteiger charge is 2.15. The van der Waals surface area contributed by atoms with Crippen molar-refractivity contribution in [1.29, 1.82) is 0 Å². The normalized spacial score (nSPS) is 10.1. The maximum absolute atomic E-state index is 12.1. The number of rotatable bonds is 7. The third-order valence-corrected chi connectivity index (χ3v) is 3.65. The van der Waals surface area contributed by atoms with E-state index in [2.05, 4.69) is 5.32 Å². The van der Waals surface area contributed by atoms with Crippen LogP contribution in [0.15, 0.2) is 48.5 Å². The predicted octanol–water partition coefficient (Wildman–Crippen LogP) is 1.57. The number of nitrogens with two attached hydrogens (primary N) is 1. The number of carbonyl (C=O) groups is 3. The quantitative estimate of drug-likeness (QED) is 0.787. The number of primary amides is 1. The minimum atomic E-state index is -0.640. The van der Waals surface area contributed by atoms with E-state index in [4.69, 9.17) is 10.5 Å². The van der Waals surface area contributed by atoms with Gasteiger partial charge in [-0.2, -0.15) is 0 Å². The lowest BCUT2D eigenvalue weighted by atomic mass is 10.2. The zero-order valence-corrected chi connectivity index (χ0v) is 14.7. The highest BCUT2D eigenvalue weighted by atomic mass is 16.5. The number of likely N-dealkylation sites (N-methyl/N-ethyl adjacent to an activating group) is 1. The van der Waals surface area contributed by atoms with Gasteiger partial charge in [-0.25, -0.2) is 0 Å². The van der Waals surface area contributed by atoms with E-state index in [9.17, 15) is 14.4 Å². The Labute approximate surface area is 151 Å². The maximum atomic E-state index is 12.1. The van der Waals surface area contributed by atoms with Crippen LogP contribution < -0.4 is 15.8 Å². The second-order valence-electron chi connectivity index (χ2n) is 5.81. The van der Waals surface area contributed by atoms with Crippen LogP contribution >= 0.6 is 0 Å². The molecule has 7 heteroatoms. The highest BCUT2D eigenvalue weighted by molar-refractivity contribution is 5.96. The van der Waals surface area contributed by atoms with Crippen LogP contribution in [0.25, 0.3) is 0 Å². The Bertz CT molecular complexity index is 803. The van der Waals surface area contributed by atoms with Crippen molar-refractivity contribution in [1.82, 2.24) is 4.90 Å². The second kappa shape index (κ2) is 8.66. The Balaban J connectivity index is 1.86. The van der Waals surface area contributed by atoms with Gasteiger partial charge in [0.2, 0.25) is 5.91 Å². The molecule has 0 bridgehead atoms. The van der Waals surface area contributed by atoms with Crippen LogP contribution in [0.4, 0.5) is 5.69 Å². The Hall–Kier alpha value is -3.35. The fourth-order valence-corrected chi connectivity index (χ4v) is 2.19. The van der Waals surface area contributed by atoms with E-state index in [0.717, 1.165) is 5.56 Å². The van der Waals surface area contributed by atoms with Gasteiger partial charge in [-0.3, -0.25) is 14.4 Å². The lowest BCUT2D eigenvalue weighted by Crippen LogP contribution is -2.37. The lowest BCUT2D eigenvalue weighted by molar-refractivity contribution is -0.135. The number of amides is 3. The summed E-state index contributed by atoms with van der Waals surface area (Å²) in [5, 5.41) is 2.72. The third kappa shape index (κ3) is 5.34. The average molecular weight is 355 g/mol. The molecule has 136 valence electrons. The van der Waals surface area contributed by atoms with Crippen molar-refractivity contribution >= 4 is 23.4 Å². The smallest absolute Gasteiger partial charge is 0.260 e. The molecule has 26 heavy (non-hydrogen) atoms. The van der Waals surface area contributed by atoms with Crippen molar-refractivity contribution in [2.45, 2.75) is 6.92 Å². The lowest BCUT2D eigenvalue weighted by Gasteiger charge is -2.17. The van der Waals surface area contributed by atoms with Gasteiger partial charge in [-0.15, -0.1) is 0 Å². The Kier molecular flexibility index (Phi) is 6.32. The van der Waals surface area contributed by atoms with E-state index in [-0.39, 0.29) is 30.4 Å². The Morgan fingerprint density at radius 3 is 2.38 bits per heavy atom. The summed E-state index contributed by atoms with van der Waals surface area (Å²) < 4.78 is 5.37. The number of hydrogen-bond donors (Lipinski definition) is 2. The minimum Gasteiger partial charge on any atom is -0.483 e. The van der Waals surface area contributed by atoms with Crippen LogP contribution in [-0.4, -0.2) is 42.8 Å². The largest absolute Gasteiger partial charge is 0.483 e. The van der Waals surface area contributed by atoms with Gasteiger partial charge in [-0.1, -0.05) is 29.8 Å². The first-order valence-electron chi connectivity index (χ1n) is 7.99. The van der Waals surface area contributed by atoms with Gasteiger partial charge in [0.1, 0.15) is 5.75 Å². The van der Waals surface area contributed by atoms with Crippen LogP contribution in [-0.2, 0) is 9.59 Å². The molecule has 0 aliphatic rings. The molecule has 0 aliphatic carbocycles. The Morgan fingerprint density at radius 2 is 1.73 bits per heavy atom. The average Bonchev–Trinajstić information content (AvgIpc) is 2.61. The third-order valence-electron chi connectivity index (χ3n) is 3.65. The van der Waals surface area contributed by atoms with E-state index in [1.807, 2.05) is 19.1 Å². The van der Waals surface area contributed by atoms with Crippen molar-refractivity contribution < 1.29 is 19.1 Å². The molecule has 2 aromatic rings. The molecule has 0 spiro atoms. The number of benzene rings is 2. The fraction of sp³-hybridized carbons (Fsp3) is 0.211. The van der Waals surface area contributed by atoms with Crippen molar-refractivity contribution in [3.63, 3.8) is 0 Å². The number of hydrogen-bond acceptors (Lipinski definition) is 4. The topological polar surface area (TPSA) is 102 Å². The molecular weight excluding hydrogens is 334 g/mol.